The van der Waals surface area contributed by atoms with Gasteiger partial charge in [0.05, 0.1) is 10.6 Å². The lowest BCUT2D eigenvalue weighted by molar-refractivity contribution is -0.383. The number of fused-ring (bicyclic) bond motifs is 1. The Hall–Kier alpha value is -3.30. The van der Waals surface area contributed by atoms with Gasteiger partial charge >= 0.3 is 5.69 Å². The van der Waals surface area contributed by atoms with Crippen LogP contribution in [0.4, 0.5) is 11.4 Å². The number of nitro groups is 1. The van der Waals surface area contributed by atoms with Gasteiger partial charge in [-0.3, -0.25) is 24.6 Å². The Bertz CT molecular complexity index is 826. The summed E-state index contributed by atoms with van der Waals surface area (Å²) in [7, 11) is 0. The number of hydrogen-bond acceptors (Lipinski definition) is 8. The van der Waals surface area contributed by atoms with Gasteiger partial charge in [-0.1, -0.05) is 7.43 Å². The second-order valence-electron chi connectivity index (χ2n) is 5.15. The van der Waals surface area contributed by atoms with Crippen LogP contribution in [0.2, 0.25) is 0 Å². The maximum absolute atomic E-state index is 11.4. The lowest BCUT2D eigenvalue weighted by Crippen LogP contribution is -2.31. The molecule has 0 saturated heterocycles. The molecular formula is C15H17N5O5. The smallest absolute Gasteiger partial charge is 0.300 e. The first-order valence-corrected chi connectivity index (χ1v) is 7.25. The Kier molecular flexibility index (Phi) is 5.42. The summed E-state index contributed by atoms with van der Waals surface area (Å²) in [5, 5.41) is 21.3. The Morgan fingerprint density at radius 1 is 1.12 bits per heavy atom. The number of non-ortho nitro benzene ring substituents is 1. The summed E-state index contributed by atoms with van der Waals surface area (Å²) in [6, 6.07) is 2.88. The van der Waals surface area contributed by atoms with E-state index in [2.05, 4.69) is 20.3 Å². The van der Waals surface area contributed by atoms with Crippen LogP contribution < -0.4 is 5.32 Å². The molecule has 10 nitrogen and oxygen atoms in total. The van der Waals surface area contributed by atoms with Crippen LogP contribution in [0.15, 0.2) is 28.9 Å². The van der Waals surface area contributed by atoms with Crippen molar-refractivity contribution in [3.8, 4) is 0 Å². The summed E-state index contributed by atoms with van der Waals surface area (Å²) in [5.41, 5.74) is 0.782. The van der Waals surface area contributed by atoms with Crippen molar-refractivity contribution < 1.29 is 19.1 Å². The number of rotatable bonds is 7. The highest BCUT2D eigenvalue weighted by Gasteiger charge is 2.22. The molecule has 1 aromatic heterocycles. The molecule has 2 aromatic rings. The van der Waals surface area contributed by atoms with E-state index in [-0.39, 0.29) is 30.4 Å². The Morgan fingerprint density at radius 2 is 1.80 bits per heavy atom. The predicted octanol–water partition coefficient (Wildman–Crippen LogP) is 1.88. The summed E-state index contributed by atoms with van der Waals surface area (Å²) >= 11 is 0. The van der Waals surface area contributed by atoms with Crippen molar-refractivity contribution in [2.75, 3.05) is 18.4 Å². The zero-order valence-electron chi connectivity index (χ0n) is 12.5. The normalized spacial score (nSPS) is 13.4. The number of anilines is 1. The highest BCUT2D eigenvalue weighted by molar-refractivity contribution is 6.12. The van der Waals surface area contributed by atoms with Gasteiger partial charge in [0.2, 0.25) is 5.52 Å². The monoisotopic (exact) mass is 347 g/mol. The minimum atomic E-state index is -0.547. The van der Waals surface area contributed by atoms with Crippen LogP contribution in [0.3, 0.4) is 0 Å². The van der Waals surface area contributed by atoms with E-state index >= 15 is 0 Å². The van der Waals surface area contributed by atoms with E-state index in [9.17, 15) is 19.7 Å². The number of nitrogens with one attached hydrogen (secondary N) is 1. The second kappa shape index (κ2) is 7.51. The van der Waals surface area contributed by atoms with Crippen LogP contribution in [-0.4, -0.2) is 45.0 Å². The molecule has 25 heavy (non-hydrogen) atoms. The number of carbonyl (C=O) groups excluding carboxylic acids is 2. The van der Waals surface area contributed by atoms with Crippen molar-refractivity contribution in [3.05, 3.63) is 34.4 Å². The predicted molar refractivity (Wildman–Crippen MR) is 88.8 cm³/mol. The van der Waals surface area contributed by atoms with Gasteiger partial charge in [0.25, 0.3) is 11.8 Å². The van der Waals surface area contributed by atoms with Crippen LogP contribution in [0.25, 0.3) is 11.0 Å². The SMILES string of the molecule is C.O=C1C=CC(=O)N1CCCCNc1ccc([N+](=O)[O-])c2nonc12. The molecule has 0 spiro atoms. The maximum Gasteiger partial charge on any atom is 0.300 e. The van der Waals surface area contributed by atoms with Crippen molar-refractivity contribution in [1.29, 1.82) is 0 Å². The van der Waals surface area contributed by atoms with Crippen molar-refractivity contribution in [3.63, 3.8) is 0 Å². The molecule has 1 aliphatic rings. The van der Waals surface area contributed by atoms with E-state index in [4.69, 9.17) is 0 Å². The molecule has 1 aromatic carbocycles. The first-order chi connectivity index (χ1) is 11.6. The molecule has 10 heteroatoms. The average molecular weight is 347 g/mol. The molecule has 0 atom stereocenters. The Morgan fingerprint density at radius 3 is 2.48 bits per heavy atom. The van der Waals surface area contributed by atoms with Gasteiger partial charge in [0, 0.05) is 31.3 Å². The maximum atomic E-state index is 11.4. The average Bonchev–Trinajstić information content (AvgIpc) is 3.15. The second-order valence-corrected chi connectivity index (χ2v) is 5.15. The highest BCUT2D eigenvalue weighted by atomic mass is 16.6. The van der Waals surface area contributed by atoms with E-state index in [1.807, 2.05) is 0 Å². The van der Waals surface area contributed by atoms with E-state index < -0.39 is 4.92 Å². The highest BCUT2D eigenvalue weighted by Crippen LogP contribution is 2.28. The molecule has 1 aliphatic heterocycles. The fraction of sp³-hybridized carbons (Fsp3) is 0.333. The topological polar surface area (TPSA) is 131 Å². The lowest BCUT2D eigenvalue weighted by Gasteiger charge is -2.13. The largest absolute Gasteiger partial charge is 0.383 e. The molecule has 3 rings (SSSR count). The van der Waals surface area contributed by atoms with Gasteiger partial charge in [-0.05, 0) is 29.2 Å². The quantitative estimate of drug-likeness (QED) is 0.347. The summed E-state index contributed by atoms with van der Waals surface area (Å²) in [6.45, 7) is 0.900. The fourth-order valence-corrected chi connectivity index (χ4v) is 2.41. The number of imide groups is 1. The lowest BCUT2D eigenvalue weighted by atomic mass is 10.2. The number of nitrogens with zero attached hydrogens (tertiary/aromatic N) is 4. The standard InChI is InChI=1S/C14H13N5O5.CH4/c20-11-5-6-12(21)18(11)8-2-1-7-15-9-3-4-10(19(22)23)14-13(9)16-24-17-14;/h3-6,15H,1-2,7-8H2;1H4. The van der Waals surface area contributed by atoms with Crippen molar-refractivity contribution in [2.45, 2.75) is 20.3 Å². The molecule has 0 radical (unpaired) electrons. The third kappa shape index (κ3) is 3.62. The van der Waals surface area contributed by atoms with Crippen molar-refractivity contribution in [1.82, 2.24) is 15.2 Å². The fourth-order valence-electron chi connectivity index (χ4n) is 2.41. The van der Waals surface area contributed by atoms with Crippen molar-refractivity contribution in [2.24, 2.45) is 0 Å². The molecular weight excluding hydrogens is 330 g/mol. The third-order valence-corrected chi connectivity index (χ3v) is 3.62. The van der Waals surface area contributed by atoms with Crippen LogP contribution in [-0.2, 0) is 9.59 Å². The Balaban J connectivity index is 0.00000225. The molecule has 0 bridgehead atoms. The zero-order chi connectivity index (χ0) is 17.1. The van der Waals surface area contributed by atoms with Crippen LogP contribution in [0, 0.1) is 10.1 Å². The van der Waals surface area contributed by atoms with Gasteiger partial charge < -0.3 is 5.32 Å². The first kappa shape index (κ1) is 18.0. The van der Waals surface area contributed by atoms with Gasteiger partial charge in [0.15, 0.2) is 5.52 Å². The first-order valence-electron chi connectivity index (χ1n) is 7.25. The molecule has 0 fully saturated rings. The number of benzene rings is 1. The molecule has 0 unspecified atom stereocenters. The molecule has 0 saturated carbocycles. The number of amides is 2. The number of aromatic nitrogens is 2. The van der Waals surface area contributed by atoms with Gasteiger partial charge in [-0.25, -0.2) is 4.63 Å². The van der Waals surface area contributed by atoms with Crippen LogP contribution >= 0.6 is 0 Å². The van der Waals surface area contributed by atoms with E-state index in [1.54, 1.807) is 6.07 Å². The van der Waals surface area contributed by atoms with Gasteiger partial charge in [-0.2, -0.15) is 0 Å². The summed E-state index contributed by atoms with van der Waals surface area (Å²) in [4.78, 5) is 34.3. The number of nitro benzene ring substituents is 1. The minimum absolute atomic E-state index is 0. The Labute approximate surface area is 142 Å². The molecule has 0 aliphatic carbocycles. The number of unbranched alkanes of at least 4 members (excludes halogenated alkanes) is 1. The van der Waals surface area contributed by atoms with E-state index in [0.717, 1.165) is 0 Å². The molecule has 1 N–H and O–H groups in total. The minimum Gasteiger partial charge on any atom is -0.383 e. The van der Waals surface area contributed by atoms with E-state index in [1.165, 1.54) is 23.1 Å². The van der Waals surface area contributed by atoms with Crippen LogP contribution in [0.1, 0.15) is 20.3 Å². The van der Waals surface area contributed by atoms with Crippen LogP contribution in [0.5, 0.6) is 0 Å². The number of carbonyl (C=O) groups is 2. The summed E-state index contributed by atoms with van der Waals surface area (Å²) in [6.07, 6.45) is 3.84. The van der Waals surface area contributed by atoms with Gasteiger partial charge in [0.1, 0.15) is 0 Å². The number of hydrogen-bond donors (Lipinski definition) is 1. The molecule has 2 heterocycles. The van der Waals surface area contributed by atoms with E-state index in [0.29, 0.717) is 37.1 Å². The van der Waals surface area contributed by atoms with Gasteiger partial charge in [-0.15, -0.1) is 0 Å². The molecule has 2 amide bonds. The molecule has 132 valence electrons. The summed E-state index contributed by atoms with van der Waals surface area (Å²) in [5.74, 6) is -0.586. The zero-order valence-corrected chi connectivity index (χ0v) is 12.5. The summed E-state index contributed by atoms with van der Waals surface area (Å²) < 4.78 is 4.58. The van der Waals surface area contributed by atoms with Crippen molar-refractivity contribution >= 4 is 34.2 Å². The third-order valence-electron chi connectivity index (χ3n) is 3.62.